The molecular weight excluding hydrogens is 364 g/mol. The number of amides is 1. The van der Waals surface area contributed by atoms with Gasteiger partial charge in [-0.15, -0.1) is 11.3 Å². The molecule has 0 bridgehead atoms. The zero-order valence-electron chi connectivity index (χ0n) is 9.50. The van der Waals surface area contributed by atoms with Gasteiger partial charge in [-0.1, -0.05) is 11.6 Å². The summed E-state index contributed by atoms with van der Waals surface area (Å²) in [5.74, 6) is -0.189. The second kappa shape index (κ2) is 6.85. The lowest BCUT2D eigenvalue weighted by molar-refractivity contribution is -0.120. The summed E-state index contributed by atoms with van der Waals surface area (Å²) in [5.41, 5.74) is 0. The second-order valence-electron chi connectivity index (χ2n) is 3.29. The Kier molecular flexibility index (Phi) is 6.06. The van der Waals surface area contributed by atoms with Crippen LogP contribution < -0.4 is 10.0 Å². The fourth-order valence-electron chi connectivity index (χ4n) is 1.11. The van der Waals surface area contributed by atoms with E-state index in [0.29, 0.717) is 15.4 Å². The van der Waals surface area contributed by atoms with Gasteiger partial charge in [0.1, 0.15) is 4.21 Å². The van der Waals surface area contributed by atoms with Crippen molar-refractivity contribution in [3.63, 3.8) is 0 Å². The standard InChI is InChI=1S/C9H12BrClN2O3S2/c1-2-12-7(14)3-4-13-18(15,16)8-5-6(11)9(10)17-8/h5,13H,2-4H2,1H3,(H,12,14). The highest BCUT2D eigenvalue weighted by atomic mass is 79.9. The number of thiophene rings is 1. The van der Waals surface area contributed by atoms with Crippen molar-refractivity contribution in [1.82, 2.24) is 10.0 Å². The number of hydrogen-bond donors (Lipinski definition) is 2. The minimum Gasteiger partial charge on any atom is -0.356 e. The molecule has 0 unspecified atom stereocenters. The third-order valence-corrected chi connectivity index (χ3v) is 6.31. The van der Waals surface area contributed by atoms with E-state index in [0.717, 1.165) is 11.3 Å². The van der Waals surface area contributed by atoms with E-state index in [1.807, 2.05) is 0 Å². The first kappa shape index (κ1) is 15.9. The number of hydrogen-bond acceptors (Lipinski definition) is 4. The van der Waals surface area contributed by atoms with Crippen LogP contribution in [0, 0.1) is 0 Å². The van der Waals surface area contributed by atoms with Gasteiger partial charge in [0.05, 0.1) is 8.81 Å². The molecule has 0 saturated carbocycles. The molecular formula is C9H12BrClN2O3S2. The number of carbonyl (C=O) groups excluding carboxylic acids is 1. The molecule has 1 aromatic rings. The van der Waals surface area contributed by atoms with Crippen molar-refractivity contribution in [3.05, 3.63) is 14.9 Å². The Morgan fingerprint density at radius 1 is 1.56 bits per heavy atom. The van der Waals surface area contributed by atoms with Gasteiger partial charge in [0.15, 0.2) is 0 Å². The van der Waals surface area contributed by atoms with E-state index < -0.39 is 10.0 Å². The average Bonchev–Trinajstić information content (AvgIpc) is 2.60. The first-order valence-corrected chi connectivity index (χ1v) is 8.55. The summed E-state index contributed by atoms with van der Waals surface area (Å²) in [6, 6.07) is 1.37. The number of halogens is 2. The molecule has 0 aliphatic rings. The van der Waals surface area contributed by atoms with Crippen molar-refractivity contribution in [2.45, 2.75) is 17.6 Å². The van der Waals surface area contributed by atoms with E-state index in [1.54, 1.807) is 6.92 Å². The molecule has 1 amide bonds. The molecule has 2 N–H and O–H groups in total. The van der Waals surface area contributed by atoms with Crippen LogP contribution in [0.5, 0.6) is 0 Å². The van der Waals surface area contributed by atoms with Crippen LogP contribution in [0.15, 0.2) is 14.1 Å². The van der Waals surface area contributed by atoms with E-state index >= 15 is 0 Å². The zero-order chi connectivity index (χ0) is 13.8. The highest BCUT2D eigenvalue weighted by molar-refractivity contribution is 9.11. The molecule has 0 saturated heterocycles. The third-order valence-electron chi connectivity index (χ3n) is 1.91. The lowest BCUT2D eigenvalue weighted by Crippen LogP contribution is -2.30. The Labute approximate surface area is 123 Å². The van der Waals surface area contributed by atoms with E-state index in [4.69, 9.17) is 11.6 Å². The number of nitrogens with one attached hydrogen (secondary N) is 2. The van der Waals surface area contributed by atoms with Gasteiger partial charge < -0.3 is 5.32 Å². The lowest BCUT2D eigenvalue weighted by atomic mass is 10.4. The summed E-state index contributed by atoms with van der Waals surface area (Å²) in [5, 5.41) is 2.94. The maximum Gasteiger partial charge on any atom is 0.250 e. The fourth-order valence-corrected chi connectivity index (χ4v) is 4.59. The molecule has 18 heavy (non-hydrogen) atoms. The molecule has 0 radical (unpaired) electrons. The largest absolute Gasteiger partial charge is 0.356 e. The van der Waals surface area contributed by atoms with Gasteiger partial charge >= 0.3 is 0 Å². The monoisotopic (exact) mass is 374 g/mol. The van der Waals surface area contributed by atoms with Crippen LogP contribution in [0.4, 0.5) is 0 Å². The lowest BCUT2D eigenvalue weighted by Gasteiger charge is -2.04. The second-order valence-corrected chi connectivity index (χ2v) is 8.06. The summed E-state index contributed by atoms with van der Waals surface area (Å²) >= 11 is 9.94. The molecule has 5 nitrogen and oxygen atoms in total. The predicted molar refractivity (Wildman–Crippen MR) is 75.5 cm³/mol. The van der Waals surface area contributed by atoms with Crippen LogP contribution >= 0.6 is 38.9 Å². The molecule has 1 heterocycles. The molecule has 0 aliphatic carbocycles. The molecule has 0 fully saturated rings. The molecule has 1 rings (SSSR count). The van der Waals surface area contributed by atoms with Crippen LogP contribution in [0.1, 0.15) is 13.3 Å². The molecule has 102 valence electrons. The van der Waals surface area contributed by atoms with E-state index in [9.17, 15) is 13.2 Å². The SMILES string of the molecule is CCNC(=O)CCNS(=O)(=O)c1cc(Cl)c(Br)s1. The highest BCUT2D eigenvalue weighted by Crippen LogP contribution is 2.34. The van der Waals surface area contributed by atoms with Crippen LogP contribution in [-0.2, 0) is 14.8 Å². The minimum atomic E-state index is -3.60. The Bertz CT molecular complexity index is 510. The summed E-state index contributed by atoms with van der Waals surface area (Å²) in [7, 11) is -3.60. The molecule has 0 atom stereocenters. The van der Waals surface area contributed by atoms with Crippen molar-refractivity contribution >= 4 is 54.8 Å². The van der Waals surface area contributed by atoms with Crippen molar-refractivity contribution in [1.29, 1.82) is 0 Å². The van der Waals surface area contributed by atoms with Crippen molar-refractivity contribution in [2.75, 3.05) is 13.1 Å². The zero-order valence-corrected chi connectivity index (χ0v) is 13.5. The number of sulfonamides is 1. The number of rotatable bonds is 6. The van der Waals surface area contributed by atoms with Gasteiger partial charge in [-0.05, 0) is 28.9 Å². The Morgan fingerprint density at radius 3 is 2.72 bits per heavy atom. The van der Waals surface area contributed by atoms with Crippen LogP contribution in [0.25, 0.3) is 0 Å². The topological polar surface area (TPSA) is 75.3 Å². The number of carbonyl (C=O) groups is 1. The normalized spacial score (nSPS) is 11.5. The highest BCUT2D eigenvalue weighted by Gasteiger charge is 2.18. The molecule has 0 aliphatic heterocycles. The van der Waals surface area contributed by atoms with E-state index in [1.165, 1.54) is 6.07 Å². The van der Waals surface area contributed by atoms with Crippen molar-refractivity contribution in [2.24, 2.45) is 0 Å². The minimum absolute atomic E-state index is 0.0568. The summed E-state index contributed by atoms with van der Waals surface area (Å²) in [6.45, 7) is 2.38. The van der Waals surface area contributed by atoms with Gasteiger partial charge in [0.2, 0.25) is 15.9 Å². The van der Waals surface area contributed by atoms with Gasteiger partial charge in [-0.2, -0.15) is 0 Å². The quantitative estimate of drug-likeness (QED) is 0.798. The summed E-state index contributed by atoms with van der Waals surface area (Å²) in [4.78, 5) is 11.2. The van der Waals surface area contributed by atoms with Crippen LogP contribution in [0.2, 0.25) is 5.02 Å². The maximum atomic E-state index is 11.8. The molecule has 0 aromatic carbocycles. The smallest absolute Gasteiger partial charge is 0.250 e. The van der Waals surface area contributed by atoms with Gasteiger partial charge in [0, 0.05) is 19.5 Å². The Morgan fingerprint density at radius 2 is 2.22 bits per heavy atom. The van der Waals surface area contributed by atoms with E-state index in [2.05, 4.69) is 26.0 Å². The molecule has 9 heteroatoms. The van der Waals surface area contributed by atoms with Crippen molar-refractivity contribution in [3.8, 4) is 0 Å². The van der Waals surface area contributed by atoms with Gasteiger partial charge in [0.25, 0.3) is 0 Å². The maximum absolute atomic E-state index is 11.8. The Balaban J connectivity index is 2.58. The summed E-state index contributed by atoms with van der Waals surface area (Å²) < 4.78 is 26.7. The van der Waals surface area contributed by atoms with E-state index in [-0.39, 0.29) is 23.1 Å². The molecule has 1 aromatic heterocycles. The van der Waals surface area contributed by atoms with Gasteiger partial charge in [-0.3, -0.25) is 4.79 Å². The van der Waals surface area contributed by atoms with Crippen LogP contribution in [-0.4, -0.2) is 27.4 Å². The average molecular weight is 376 g/mol. The third kappa shape index (κ3) is 4.51. The predicted octanol–water partition coefficient (Wildman–Crippen LogP) is 1.97. The first-order chi connectivity index (χ1) is 8.36. The first-order valence-electron chi connectivity index (χ1n) is 5.08. The molecule has 0 spiro atoms. The van der Waals surface area contributed by atoms with Crippen molar-refractivity contribution < 1.29 is 13.2 Å². The summed E-state index contributed by atoms with van der Waals surface area (Å²) in [6.07, 6.45) is 0.105. The fraction of sp³-hybridized carbons (Fsp3) is 0.444. The van der Waals surface area contributed by atoms with Crippen LogP contribution in [0.3, 0.4) is 0 Å². The van der Waals surface area contributed by atoms with Gasteiger partial charge in [-0.25, -0.2) is 13.1 Å². The Hall–Kier alpha value is -0.150.